The van der Waals surface area contributed by atoms with Crippen LogP contribution in [0.3, 0.4) is 0 Å². The van der Waals surface area contributed by atoms with E-state index in [2.05, 4.69) is 20.5 Å². The van der Waals surface area contributed by atoms with Crippen LogP contribution in [0.25, 0.3) is 11.0 Å². The third kappa shape index (κ3) is 4.69. The van der Waals surface area contributed by atoms with E-state index in [-0.39, 0.29) is 29.2 Å². The number of aryl methyl sites for hydroxylation is 2. The van der Waals surface area contributed by atoms with Gasteiger partial charge in [-0.2, -0.15) is 23.4 Å². The van der Waals surface area contributed by atoms with Crippen molar-refractivity contribution in [3.8, 4) is 0 Å². The predicted octanol–water partition coefficient (Wildman–Crippen LogP) is 5.79. The number of halogens is 4. The Morgan fingerprint density at radius 1 is 1.11 bits per heavy atom. The highest BCUT2D eigenvalue weighted by Crippen LogP contribution is 2.43. The Kier molecular flexibility index (Phi) is 6.02. The van der Waals surface area contributed by atoms with Crippen molar-refractivity contribution in [2.75, 3.05) is 5.32 Å². The van der Waals surface area contributed by atoms with Crippen molar-refractivity contribution in [1.82, 2.24) is 24.5 Å². The molecule has 1 N–H and O–H groups in total. The lowest BCUT2D eigenvalue weighted by Gasteiger charge is -2.11. The van der Waals surface area contributed by atoms with E-state index in [0.717, 1.165) is 30.2 Å². The van der Waals surface area contributed by atoms with Crippen LogP contribution in [0.5, 0.6) is 0 Å². The molecule has 3 aromatic heterocycles. The summed E-state index contributed by atoms with van der Waals surface area (Å²) in [5.74, 6) is -0.413. The Balaban J connectivity index is 1.42. The summed E-state index contributed by atoms with van der Waals surface area (Å²) in [5.41, 5.74) is 2.78. The highest BCUT2D eigenvalue weighted by molar-refractivity contribution is 6.30. The highest BCUT2D eigenvalue weighted by Gasteiger charge is 2.37. The van der Waals surface area contributed by atoms with E-state index in [1.807, 2.05) is 25.1 Å². The van der Waals surface area contributed by atoms with Gasteiger partial charge in [-0.15, -0.1) is 0 Å². The number of carbonyl (C=O) groups excluding carboxylic acids is 1. The number of nitrogens with zero attached hydrogens (tertiary/aromatic N) is 5. The highest BCUT2D eigenvalue weighted by atomic mass is 35.5. The number of hydrogen-bond acceptors (Lipinski definition) is 4. The molecule has 0 aliphatic heterocycles. The zero-order valence-corrected chi connectivity index (χ0v) is 20.7. The molecule has 0 saturated heterocycles. The van der Waals surface area contributed by atoms with Crippen molar-refractivity contribution in [1.29, 1.82) is 0 Å². The fraction of sp³-hybridized carbons (Fsp3) is 0.360. The first-order valence-corrected chi connectivity index (χ1v) is 11.9. The quantitative estimate of drug-likeness (QED) is 0.352. The number of rotatable bonds is 6. The summed E-state index contributed by atoms with van der Waals surface area (Å²) in [7, 11) is 0. The number of benzene rings is 1. The Morgan fingerprint density at radius 2 is 1.83 bits per heavy atom. The van der Waals surface area contributed by atoms with E-state index >= 15 is 0 Å². The molecule has 0 radical (unpaired) electrons. The summed E-state index contributed by atoms with van der Waals surface area (Å²) < 4.78 is 44.5. The molecule has 1 aliphatic carbocycles. The van der Waals surface area contributed by atoms with Crippen molar-refractivity contribution >= 4 is 34.2 Å². The number of aromatic nitrogens is 5. The second-order valence-corrected chi connectivity index (χ2v) is 9.63. The molecular formula is C25H24ClF3N6O. The molecule has 3 heterocycles. The van der Waals surface area contributed by atoms with Gasteiger partial charge in [0.25, 0.3) is 0 Å². The number of fused-ring (bicyclic) bond motifs is 1. The monoisotopic (exact) mass is 516 g/mol. The number of anilines is 1. The van der Waals surface area contributed by atoms with Gasteiger partial charge >= 0.3 is 6.18 Å². The molecule has 4 aromatic rings. The van der Waals surface area contributed by atoms with E-state index in [1.165, 1.54) is 11.6 Å². The fourth-order valence-corrected chi connectivity index (χ4v) is 4.66. The molecule has 1 amide bonds. The molecule has 0 atom stereocenters. The summed E-state index contributed by atoms with van der Waals surface area (Å²) in [5, 5.41) is 12.2. The first-order valence-electron chi connectivity index (χ1n) is 11.5. The van der Waals surface area contributed by atoms with Gasteiger partial charge in [-0.1, -0.05) is 23.7 Å². The maximum absolute atomic E-state index is 13.8. The maximum atomic E-state index is 13.8. The normalized spacial score (nSPS) is 14.0. The molecule has 0 unspecified atom stereocenters. The fourth-order valence-electron chi connectivity index (χ4n) is 4.45. The smallest absolute Gasteiger partial charge is 0.321 e. The average Bonchev–Trinajstić information content (AvgIpc) is 3.56. The van der Waals surface area contributed by atoms with Crippen molar-refractivity contribution in [2.45, 2.75) is 58.8 Å². The van der Waals surface area contributed by atoms with Crippen LogP contribution in [0, 0.1) is 20.8 Å². The summed E-state index contributed by atoms with van der Waals surface area (Å²) in [6.45, 7) is 5.32. The standard InChI is InChI=1S/C25H24ClF3N6O/c1-13-22-19(25(27,28)29)10-20(17-7-8-17)30-24(22)35(32-13)12-21(36)31-23-14(2)33-34(15(23)3)11-16-5-4-6-18(26)9-16/h4-6,9-10,17H,7-8,11-12H2,1-3H3,(H,31,36). The molecule has 5 rings (SSSR count). The molecule has 188 valence electrons. The number of carbonyl (C=O) groups is 1. The molecule has 0 spiro atoms. The minimum atomic E-state index is -4.54. The Bertz CT molecular complexity index is 1490. The minimum absolute atomic E-state index is 0.0172. The predicted molar refractivity (Wildman–Crippen MR) is 130 cm³/mol. The van der Waals surface area contributed by atoms with Gasteiger partial charge in [0.1, 0.15) is 6.54 Å². The van der Waals surface area contributed by atoms with Gasteiger partial charge in [-0.05, 0) is 57.4 Å². The van der Waals surface area contributed by atoms with Crippen LogP contribution >= 0.6 is 11.6 Å². The van der Waals surface area contributed by atoms with E-state index in [0.29, 0.717) is 28.6 Å². The first-order chi connectivity index (χ1) is 17.0. The summed E-state index contributed by atoms with van der Waals surface area (Å²) in [6, 6.07) is 8.55. The van der Waals surface area contributed by atoms with Crippen molar-refractivity contribution in [2.24, 2.45) is 0 Å². The summed E-state index contributed by atoms with van der Waals surface area (Å²) >= 11 is 6.08. The van der Waals surface area contributed by atoms with Gasteiger partial charge < -0.3 is 5.32 Å². The van der Waals surface area contributed by atoms with Crippen LogP contribution in [0.1, 0.15) is 52.7 Å². The van der Waals surface area contributed by atoms with E-state index < -0.39 is 17.6 Å². The van der Waals surface area contributed by atoms with Gasteiger partial charge in [0.05, 0.1) is 40.3 Å². The Morgan fingerprint density at radius 3 is 2.50 bits per heavy atom. The lowest BCUT2D eigenvalue weighted by molar-refractivity contribution is -0.136. The SMILES string of the molecule is Cc1nn(Cc2cccc(Cl)c2)c(C)c1NC(=O)Cn1nc(C)c2c(C(F)(F)F)cc(C3CC3)nc21. The Hall–Kier alpha value is -3.40. The molecule has 36 heavy (non-hydrogen) atoms. The molecular weight excluding hydrogens is 493 g/mol. The van der Waals surface area contributed by atoms with Gasteiger partial charge in [0.15, 0.2) is 5.65 Å². The number of alkyl halides is 3. The molecule has 11 heteroatoms. The minimum Gasteiger partial charge on any atom is -0.321 e. The zero-order chi connectivity index (χ0) is 25.8. The second-order valence-electron chi connectivity index (χ2n) is 9.19. The number of amides is 1. The molecule has 7 nitrogen and oxygen atoms in total. The summed E-state index contributed by atoms with van der Waals surface area (Å²) in [4.78, 5) is 17.5. The van der Waals surface area contributed by atoms with Crippen molar-refractivity contribution in [3.05, 3.63) is 69.3 Å². The second kappa shape index (κ2) is 8.92. The van der Waals surface area contributed by atoms with E-state index in [9.17, 15) is 18.0 Å². The van der Waals surface area contributed by atoms with Gasteiger partial charge in [-0.25, -0.2) is 9.67 Å². The van der Waals surface area contributed by atoms with E-state index in [4.69, 9.17) is 11.6 Å². The largest absolute Gasteiger partial charge is 0.417 e. The lowest BCUT2D eigenvalue weighted by atomic mass is 10.1. The van der Waals surface area contributed by atoms with Gasteiger partial charge in [0, 0.05) is 16.6 Å². The van der Waals surface area contributed by atoms with Crippen molar-refractivity contribution < 1.29 is 18.0 Å². The molecule has 1 saturated carbocycles. The van der Waals surface area contributed by atoms with Crippen LogP contribution in [0.15, 0.2) is 30.3 Å². The lowest BCUT2D eigenvalue weighted by Crippen LogP contribution is -2.21. The van der Waals surface area contributed by atoms with Crippen LogP contribution in [-0.2, 0) is 24.1 Å². The third-order valence-corrected chi connectivity index (χ3v) is 6.59. The maximum Gasteiger partial charge on any atom is 0.417 e. The van der Waals surface area contributed by atoms with Crippen LogP contribution in [-0.4, -0.2) is 30.5 Å². The van der Waals surface area contributed by atoms with Crippen LogP contribution < -0.4 is 5.32 Å². The summed E-state index contributed by atoms with van der Waals surface area (Å²) in [6.07, 6.45) is -2.93. The van der Waals surface area contributed by atoms with Crippen molar-refractivity contribution in [3.63, 3.8) is 0 Å². The van der Waals surface area contributed by atoms with Gasteiger partial charge in [-0.3, -0.25) is 9.48 Å². The topological polar surface area (TPSA) is 77.6 Å². The average molecular weight is 517 g/mol. The number of nitrogens with one attached hydrogen (secondary N) is 1. The molecule has 1 aliphatic rings. The van der Waals surface area contributed by atoms with Gasteiger partial charge in [0.2, 0.25) is 5.91 Å². The zero-order valence-electron chi connectivity index (χ0n) is 19.9. The third-order valence-electron chi connectivity index (χ3n) is 6.36. The van der Waals surface area contributed by atoms with E-state index in [1.54, 1.807) is 17.7 Å². The van der Waals surface area contributed by atoms with Crippen LogP contribution in [0.4, 0.5) is 18.9 Å². The first kappa shape index (κ1) is 24.3. The molecule has 0 bridgehead atoms. The Labute approximate surface area is 210 Å². The van der Waals surface area contributed by atoms with Crippen LogP contribution in [0.2, 0.25) is 5.02 Å². The number of pyridine rings is 1. The molecule has 1 aromatic carbocycles. The molecule has 1 fully saturated rings. The number of hydrogen-bond donors (Lipinski definition) is 1.